The highest BCUT2D eigenvalue weighted by atomic mass is 16.5. The Balaban J connectivity index is 1.77. The highest BCUT2D eigenvalue weighted by Gasteiger charge is 2.04. The molecule has 2 N–H and O–H groups in total. The smallest absolute Gasteiger partial charge is 0.319 e. The molecule has 1 heterocycles. The molecule has 0 aliphatic rings. The Labute approximate surface area is 115 Å². The summed E-state index contributed by atoms with van der Waals surface area (Å²) in [7, 11) is 0. The predicted molar refractivity (Wildman–Crippen MR) is 71.5 cm³/mol. The van der Waals surface area contributed by atoms with Crippen molar-refractivity contribution in [1.82, 2.24) is 15.5 Å². The number of aromatic nitrogens is 2. The number of rotatable bonds is 5. The highest BCUT2D eigenvalue weighted by molar-refractivity contribution is 5.95. The maximum absolute atomic E-state index is 11.6. The fourth-order valence-electron chi connectivity index (χ4n) is 1.55. The van der Waals surface area contributed by atoms with Crippen LogP contribution in [0.1, 0.15) is 23.2 Å². The Morgan fingerprint density at radius 1 is 1.25 bits per heavy atom. The van der Waals surface area contributed by atoms with Gasteiger partial charge in [-0.15, -0.1) is 0 Å². The molecule has 0 spiro atoms. The largest absolute Gasteiger partial charge is 0.340 e. The summed E-state index contributed by atoms with van der Waals surface area (Å²) in [5, 5.41) is 8.79. The van der Waals surface area contributed by atoms with E-state index in [1.54, 1.807) is 24.3 Å². The lowest BCUT2D eigenvalue weighted by molar-refractivity contribution is 0.101. The van der Waals surface area contributed by atoms with E-state index in [-0.39, 0.29) is 11.8 Å². The highest BCUT2D eigenvalue weighted by Crippen LogP contribution is 2.09. The number of nitrogens with one attached hydrogen (secondary N) is 2. The van der Waals surface area contributed by atoms with Crippen LogP contribution in [0.4, 0.5) is 10.5 Å². The quantitative estimate of drug-likeness (QED) is 0.808. The van der Waals surface area contributed by atoms with Gasteiger partial charge >= 0.3 is 6.03 Å². The molecule has 0 bridgehead atoms. The van der Waals surface area contributed by atoms with Gasteiger partial charge in [0.05, 0.1) is 0 Å². The Morgan fingerprint density at radius 2 is 2.00 bits per heavy atom. The summed E-state index contributed by atoms with van der Waals surface area (Å²) >= 11 is 0. The van der Waals surface area contributed by atoms with Crippen LogP contribution in [-0.4, -0.2) is 28.5 Å². The number of hydrogen-bond acceptors (Lipinski definition) is 5. The monoisotopic (exact) mass is 274 g/mol. The van der Waals surface area contributed by atoms with Crippen molar-refractivity contribution in [1.29, 1.82) is 0 Å². The van der Waals surface area contributed by atoms with Gasteiger partial charge in [-0.3, -0.25) is 4.79 Å². The molecule has 2 rings (SSSR count). The predicted octanol–water partition coefficient (Wildman–Crippen LogP) is 1.64. The van der Waals surface area contributed by atoms with Crippen LogP contribution in [0.15, 0.2) is 35.1 Å². The van der Waals surface area contributed by atoms with Gasteiger partial charge < -0.3 is 15.2 Å². The van der Waals surface area contributed by atoms with Crippen molar-refractivity contribution < 1.29 is 14.1 Å². The molecule has 104 valence electrons. The fourth-order valence-corrected chi connectivity index (χ4v) is 1.55. The molecule has 7 nitrogen and oxygen atoms in total. The number of hydrogen-bond donors (Lipinski definition) is 2. The van der Waals surface area contributed by atoms with Gasteiger partial charge in [-0.2, -0.15) is 4.98 Å². The summed E-state index contributed by atoms with van der Waals surface area (Å²) in [6.07, 6.45) is 1.78. The molecule has 2 amide bonds. The van der Waals surface area contributed by atoms with Gasteiger partial charge in [-0.25, -0.2) is 4.79 Å². The van der Waals surface area contributed by atoms with Gasteiger partial charge in [0.1, 0.15) is 0 Å². The molecule has 0 atom stereocenters. The molecule has 1 aromatic carbocycles. The Bertz CT molecular complexity index is 578. The van der Waals surface area contributed by atoms with E-state index in [0.29, 0.717) is 30.1 Å². The lowest BCUT2D eigenvalue weighted by Gasteiger charge is -2.06. The van der Waals surface area contributed by atoms with Crippen LogP contribution in [-0.2, 0) is 6.42 Å². The van der Waals surface area contributed by atoms with E-state index in [1.165, 1.54) is 13.3 Å². The first-order chi connectivity index (χ1) is 9.65. The van der Waals surface area contributed by atoms with E-state index >= 15 is 0 Å². The van der Waals surface area contributed by atoms with Crippen molar-refractivity contribution in [2.45, 2.75) is 13.3 Å². The first kappa shape index (κ1) is 13.7. The van der Waals surface area contributed by atoms with Crippen LogP contribution in [0.3, 0.4) is 0 Å². The van der Waals surface area contributed by atoms with E-state index < -0.39 is 0 Å². The molecule has 0 radical (unpaired) electrons. The van der Waals surface area contributed by atoms with Crippen LogP contribution in [0.2, 0.25) is 0 Å². The lowest BCUT2D eigenvalue weighted by Crippen LogP contribution is -2.30. The van der Waals surface area contributed by atoms with Crippen molar-refractivity contribution in [3.05, 3.63) is 42.0 Å². The zero-order valence-electron chi connectivity index (χ0n) is 10.9. The van der Waals surface area contributed by atoms with Crippen molar-refractivity contribution in [2.75, 3.05) is 11.9 Å². The summed E-state index contributed by atoms with van der Waals surface area (Å²) < 4.78 is 4.80. The normalized spacial score (nSPS) is 10.1. The third-order valence-electron chi connectivity index (χ3n) is 2.58. The Hall–Kier alpha value is -2.70. The topological polar surface area (TPSA) is 97.1 Å². The zero-order chi connectivity index (χ0) is 14.4. The third-order valence-corrected chi connectivity index (χ3v) is 2.58. The van der Waals surface area contributed by atoms with Gasteiger partial charge in [0.15, 0.2) is 12.1 Å². The van der Waals surface area contributed by atoms with Crippen molar-refractivity contribution in [2.24, 2.45) is 0 Å². The van der Waals surface area contributed by atoms with Gasteiger partial charge in [0.25, 0.3) is 0 Å². The SMILES string of the molecule is CC(=O)c1ccc(NC(=O)NCCc2ncno2)cc1. The number of urea groups is 1. The van der Waals surface area contributed by atoms with Crippen LogP contribution in [0, 0.1) is 0 Å². The Kier molecular flexibility index (Phi) is 4.43. The first-order valence-electron chi connectivity index (χ1n) is 6.06. The zero-order valence-corrected chi connectivity index (χ0v) is 10.9. The maximum atomic E-state index is 11.6. The van der Waals surface area contributed by atoms with Crippen molar-refractivity contribution in [3.63, 3.8) is 0 Å². The number of benzene rings is 1. The third kappa shape index (κ3) is 3.91. The van der Waals surface area contributed by atoms with E-state index in [0.717, 1.165) is 0 Å². The number of amides is 2. The van der Waals surface area contributed by atoms with Crippen LogP contribution < -0.4 is 10.6 Å². The maximum Gasteiger partial charge on any atom is 0.319 e. The number of nitrogens with zero attached hydrogens (tertiary/aromatic N) is 2. The number of ketones is 1. The van der Waals surface area contributed by atoms with E-state index in [9.17, 15) is 9.59 Å². The molecule has 1 aromatic heterocycles. The number of carbonyl (C=O) groups excluding carboxylic acids is 2. The minimum absolute atomic E-state index is 0.0134. The van der Waals surface area contributed by atoms with Gasteiger partial charge in [-0.1, -0.05) is 5.16 Å². The van der Waals surface area contributed by atoms with Crippen molar-refractivity contribution in [3.8, 4) is 0 Å². The second kappa shape index (κ2) is 6.46. The molecule has 0 aliphatic carbocycles. The molecule has 20 heavy (non-hydrogen) atoms. The lowest BCUT2D eigenvalue weighted by atomic mass is 10.1. The molecule has 0 aliphatic heterocycles. The molecule has 7 heteroatoms. The molecule has 0 fully saturated rings. The summed E-state index contributed by atoms with van der Waals surface area (Å²) in [5.74, 6) is 0.455. The van der Waals surface area contributed by atoms with Crippen molar-refractivity contribution >= 4 is 17.5 Å². The minimum Gasteiger partial charge on any atom is -0.340 e. The summed E-state index contributed by atoms with van der Waals surface area (Å²) in [5.41, 5.74) is 1.22. The molecular weight excluding hydrogens is 260 g/mol. The van der Waals surface area contributed by atoms with Crippen LogP contribution in [0.25, 0.3) is 0 Å². The average molecular weight is 274 g/mol. The van der Waals surface area contributed by atoms with Crippen LogP contribution >= 0.6 is 0 Å². The first-order valence-corrected chi connectivity index (χ1v) is 6.06. The molecule has 0 saturated carbocycles. The fraction of sp³-hybridized carbons (Fsp3) is 0.231. The molecule has 2 aromatic rings. The summed E-state index contributed by atoms with van der Waals surface area (Å²) in [4.78, 5) is 26.6. The molecule has 0 saturated heterocycles. The standard InChI is InChI=1S/C13H14N4O3/c1-9(18)10-2-4-11(5-3-10)17-13(19)14-7-6-12-15-8-16-20-12/h2-5,8H,6-7H2,1H3,(H2,14,17,19). The van der Waals surface area contributed by atoms with Gasteiger partial charge in [0.2, 0.25) is 5.89 Å². The molecule has 0 unspecified atom stereocenters. The summed E-state index contributed by atoms with van der Waals surface area (Å²) in [6.45, 7) is 1.88. The minimum atomic E-state index is -0.333. The molecular formula is C13H14N4O3. The average Bonchev–Trinajstić information content (AvgIpc) is 2.92. The number of Topliss-reactive ketones (excluding diaryl/α,β-unsaturated/α-hetero) is 1. The van der Waals surface area contributed by atoms with E-state index in [4.69, 9.17) is 4.52 Å². The van der Waals surface area contributed by atoms with Crippen LogP contribution in [0.5, 0.6) is 0 Å². The number of carbonyl (C=O) groups is 2. The van der Waals surface area contributed by atoms with E-state index in [1.807, 2.05) is 0 Å². The number of anilines is 1. The van der Waals surface area contributed by atoms with Gasteiger partial charge in [-0.05, 0) is 31.2 Å². The second-order valence-electron chi connectivity index (χ2n) is 4.10. The van der Waals surface area contributed by atoms with E-state index in [2.05, 4.69) is 20.8 Å². The second-order valence-corrected chi connectivity index (χ2v) is 4.10. The summed E-state index contributed by atoms with van der Waals surface area (Å²) in [6, 6.07) is 6.34. The van der Waals surface area contributed by atoms with Gasteiger partial charge in [0, 0.05) is 24.2 Å². The Morgan fingerprint density at radius 3 is 2.60 bits per heavy atom.